The SMILES string of the molecule is Cc1cc(C)c(NC(=O)Nc2cc3ccccc3cc2CC(=O)N[C@H](c2nn[nH]n2)C(C)C)c(C)c1. The molecular formula is C27H31N7O2. The number of H-pyrrole nitrogens is 1. The number of tetrazole rings is 1. The van der Waals surface area contributed by atoms with E-state index in [9.17, 15) is 9.59 Å². The molecule has 9 nitrogen and oxygen atoms in total. The molecule has 0 fully saturated rings. The van der Waals surface area contributed by atoms with Gasteiger partial charge in [-0.2, -0.15) is 5.21 Å². The second kappa shape index (κ2) is 10.6. The van der Waals surface area contributed by atoms with Crippen LogP contribution in [0.25, 0.3) is 10.8 Å². The first kappa shape index (κ1) is 24.8. The molecule has 4 rings (SSSR count). The van der Waals surface area contributed by atoms with Crippen molar-refractivity contribution in [1.29, 1.82) is 0 Å². The Morgan fingerprint density at radius 1 is 0.944 bits per heavy atom. The molecule has 1 atom stereocenters. The minimum Gasteiger partial charge on any atom is -0.345 e. The number of hydrogen-bond acceptors (Lipinski definition) is 5. The third kappa shape index (κ3) is 5.68. The summed E-state index contributed by atoms with van der Waals surface area (Å²) < 4.78 is 0. The number of nitrogens with zero attached hydrogens (tertiary/aromatic N) is 3. The molecule has 9 heteroatoms. The Hall–Kier alpha value is -4.27. The number of anilines is 2. The Bertz CT molecular complexity index is 1370. The molecule has 0 unspecified atom stereocenters. The molecule has 3 amide bonds. The Balaban J connectivity index is 1.58. The third-order valence-corrected chi connectivity index (χ3v) is 6.11. The summed E-state index contributed by atoms with van der Waals surface area (Å²) in [6.07, 6.45) is 0.0735. The van der Waals surface area contributed by atoms with E-state index in [1.54, 1.807) is 0 Å². The first-order chi connectivity index (χ1) is 17.2. The topological polar surface area (TPSA) is 125 Å². The summed E-state index contributed by atoms with van der Waals surface area (Å²) in [5, 5.41) is 25.0. The fraction of sp³-hybridized carbons (Fsp3) is 0.296. The van der Waals surface area contributed by atoms with Crippen molar-refractivity contribution in [2.45, 2.75) is 47.1 Å². The Morgan fingerprint density at radius 2 is 1.61 bits per heavy atom. The summed E-state index contributed by atoms with van der Waals surface area (Å²) in [6, 6.07) is 15.0. The van der Waals surface area contributed by atoms with Gasteiger partial charge in [0, 0.05) is 11.4 Å². The van der Waals surface area contributed by atoms with E-state index >= 15 is 0 Å². The quantitative estimate of drug-likeness (QED) is 0.294. The molecule has 4 aromatic rings. The van der Waals surface area contributed by atoms with E-state index in [1.807, 2.05) is 83.1 Å². The van der Waals surface area contributed by atoms with Gasteiger partial charge in [0.25, 0.3) is 0 Å². The van der Waals surface area contributed by atoms with Gasteiger partial charge < -0.3 is 16.0 Å². The van der Waals surface area contributed by atoms with Crippen LogP contribution in [-0.4, -0.2) is 32.6 Å². The first-order valence-electron chi connectivity index (χ1n) is 11.9. The van der Waals surface area contributed by atoms with Crippen LogP contribution in [0, 0.1) is 26.7 Å². The zero-order valence-electron chi connectivity index (χ0n) is 21.1. The van der Waals surface area contributed by atoms with Gasteiger partial charge in [0.1, 0.15) is 0 Å². The van der Waals surface area contributed by atoms with Crippen molar-refractivity contribution in [1.82, 2.24) is 25.9 Å². The van der Waals surface area contributed by atoms with E-state index in [-0.39, 0.29) is 30.3 Å². The van der Waals surface area contributed by atoms with Crippen LogP contribution >= 0.6 is 0 Å². The predicted molar refractivity (Wildman–Crippen MR) is 141 cm³/mol. The van der Waals surface area contributed by atoms with Crippen LogP contribution in [-0.2, 0) is 11.2 Å². The lowest BCUT2D eigenvalue weighted by Crippen LogP contribution is -2.34. The van der Waals surface area contributed by atoms with Crippen molar-refractivity contribution in [3.63, 3.8) is 0 Å². The highest BCUT2D eigenvalue weighted by Crippen LogP contribution is 2.27. The fourth-order valence-electron chi connectivity index (χ4n) is 4.42. The van der Waals surface area contributed by atoms with Crippen LogP contribution in [0.5, 0.6) is 0 Å². The summed E-state index contributed by atoms with van der Waals surface area (Å²) in [5.74, 6) is 0.286. The molecule has 0 aliphatic rings. The van der Waals surface area contributed by atoms with Gasteiger partial charge in [-0.3, -0.25) is 4.79 Å². The molecule has 0 radical (unpaired) electrons. The average molecular weight is 486 g/mol. The van der Waals surface area contributed by atoms with Crippen LogP contribution in [0.15, 0.2) is 48.5 Å². The van der Waals surface area contributed by atoms with Gasteiger partial charge in [-0.1, -0.05) is 61.0 Å². The molecule has 1 aromatic heterocycles. The van der Waals surface area contributed by atoms with E-state index in [2.05, 4.69) is 36.6 Å². The maximum atomic E-state index is 13.1. The average Bonchev–Trinajstić information content (AvgIpc) is 3.34. The molecule has 0 bridgehead atoms. The van der Waals surface area contributed by atoms with Gasteiger partial charge in [0.2, 0.25) is 5.91 Å². The van der Waals surface area contributed by atoms with Gasteiger partial charge in [-0.05, 0) is 66.3 Å². The highest BCUT2D eigenvalue weighted by atomic mass is 16.2. The van der Waals surface area contributed by atoms with Crippen LogP contribution < -0.4 is 16.0 Å². The van der Waals surface area contributed by atoms with Crippen LogP contribution in [0.2, 0.25) is 0 Å². The molecule has 1 heterocycles. The van der Waals surface area contributed by atoms with Gasteiger partial charge in [0.05, 0.1) is 12.5 Å². The summed E-state index contributed by atoms with van der Waals surface area (Å²) in [7, 11) is 0. The van der Waals surface area contributed by atoms with Crippen LogP contribution in [0.3, 0.4) is 0 Å². The molecule has 0 saturated carbocycles. The maximum Gasteiger partial charge on any atom is 0.323 e. The molecule has 3 aromatic carbocycles. The number of nitrogens with one attached hydrogen (secondary N) is 4. The summed E-state index contributed by atoms with van der Waals surface area (Å²) in [6.45, 7) is 9.92. The number of fused-ring (bicyclic) bond motifs is 1. The number of aromatic amines is 1. The van der Waals surface area contributed by atoms with Crippen LogP contribution in [0.1, 0.15) is 48.0 Å². The Labute approximate surface area is 210 Å². The number of carbonyl (C=O) groups is 2. The van der Waals surface area contributed by atoms with E-state index < -0.39 is 0 Å². The lowest BCUT2D eigenvalue weighted by atomic mass is 10.0. The number of urea groups is 1. The molecule has 0 aliphatic heterocycles. The lowest BCUT2D eigenvalue weighted by Gasteiger charge is -2.20. The zero-order chi connectivity index (χ0) is 25.8. The van der Waals surface area contributed by atoms with Crippen molar-refractivity contribution in [3.8, 4) is 0 Å². The Morgan fingerprint density at radius 3 is 2.22 bits per heavy atom. The van der Waals surface area contributed by atoms with Gasteiger partial charge in [-0.15, -0.1) is 10.2 Å². The molecule has 4 N–H and O–H groups in total. The smallest absolute Gasteiger partial charge is 0.323 e. The van der Waals surface area contributed by atoms with E-state index in [4.69, 9.17) is 0 Å². The summed E-state index contributed by atoms with van der Waals surface area (Å²) >= 11 is 0. The van der Waals surface area contributed by atoms with Crippen molar-refractivity contribution in [2.24, 2.45) is 5.92 Å². The van der Waals surface area contributed by atoms with Crippen molar-refractivity contribution >= 4 is 34.1 Å². The van der Waals surface area contributed by atoms with Crippen molar-refractivity contribution < 1.29 is 9.59 Å². The molecule has 0 saturated heterocycles. The first-order valence-corrected chi connectivity index (χ1v) is 11.9. The number of benzene rings is 3. The molecule has 36 heavy (non-hydrogen) atoms. The normalized spacial score (nSPS) is 11.9. The summed E-state index contributed by atoms with van der Waals surface area (Å²) in [5.41, 5.74) is 5.17. The largest absolute Gasteiger partial charge is 0.345 e. The van der Waals surface area contributed by atoms with Crippen molar-refractivity contribution in [3.05, 3.63) is 76.6 Å². The van der Waals surface area contributed by atoms with Crippen LogP contribution in [0.4, 0.5) is 16.2 Å². The van der Waals surface area contributed by atoms with E-state index in [1.165, 1.54) is 0 Å². The second-order valence-electron chi connectivity index (χ2n) is 9.45. The second-order valence-corrected chi connectivity index (χ2v) is 9.45. The number of carbonyl (C=O) groups excluding carboxylic acids is 2. The van der Waals surface area contributed by atoms with Crippen molar-refractivity contribution in [2.75, 3.05) is 10.6 Å². The highest BCUT2D eigenvalue weighted by molar-refractivity contribution is 6.03. The van der Waals surface area contributed by atoms with Gasteiger partial charge >= 0.3 is 6.03 Å². The number of rotatable bonds is 7. The number of aryl methyl sites for hydroxylation is 3. The number of hydrogen-bond donors (Lipinski definition) is 4. The van der Waals surface area contributed by atoms with Gasteiger partial charge in [-0.25, -0.2) is 4.79 Å². The lowest BCUT2D eigenvalue weighted by molar-refractivity contribution is -0.121. The standard InChI is InChI=1S/C27H31N7O2/c1-15(2)24(26-31-33-34-32-26)29-23(35)14-21-12-19-8-6-7-9-20(19)13-22(21)28-27(36)30-25-17(4)10-16(3)11-18(25)5/h6-13,15,24H,14H2,1-5H3,(H,29,35)(H2,28,30,36)(H,31,32,33,34)/t24-/m0/s1. The maximum absolute atomic E-state index is 13.1. The molecule has 186 valence electrons. The van der Waals surface area contributed by atoms with Gasteiger partial charge in [0.15, 0.2) is 5.82 Å². The monoisotopic (exact) mass is 485 g/mol. The summed E-state index contributed by atoms with van der Waals surface area (Å²) in [4.78, 5) is 26.1. The number of amides is 3. The van der Waals surface area contributed by atoms with E-state index in [0.717, 1.165) is 33.2 Å². The fourth-order valence-corrected chi connectivity index (χ4v) is 4.42. The van der Waals surface area contributed by atoms with E-state index in [0.29, 0.717) is 17.1 Å². The molecular weight excluding hydrogens is 454 g/mol. The predicted octanol–water partition coefficient (Wildman–Crippen LogP) is 4.98. The highest BCUT2D eigenvalue weighted by Gasteiger charge is 2.23. The molecule has 0 aliphatic carbocycles. The number of aromatic nitrogens is 4. The Kier molecular flexibility index (Phi) is 7.28. The minimum atomic E-state index is -0.385. The molecule has 0 spiro atoms. The zero-order valence-corrected chi connectivity index (χ0v) is 21.1. The third-order valence-electron chi connectivity index (χ3n) is 6.11. The minimum absolute atomic E-state index is 0.0625.